The normalized spacial score (nSPS) is 15.0. The molecule has 324 valence electrons. The number of carboxylic acid groups (broad SMARTS) is 6. The molecule has 31 heteroatoms. The first-order valence-corrected chi connectivity index (χ1v) is 14.7. The minimum absolute atomic E-state index is 0. The average molecular weight is 915 g/mol. The summed E-state index contributed by atoms with van der Waals surface area (Å²) < 4.78 is 16.1. The van der Waals surface area contributed by atoms with Crippen molar-refractivity contribution < 1.29 is 148 Å². The molecule has 5 atom stereocenters. The Bertz CT molecular complexity index is 1760. The number of aliphatic hydroxyl groups is 5. The number of esters is 8. The van der Waals surface area contributed by atoms with E-state index in [0.29, 0.717) is 0 Å². The zero-order valence-electron chi connectivity index (χ0n) is 33.6. The number of hydrogen-bond acceptors (Lipinski definition) is 23. The SMILES string of the molecule is O=C(O)CC(O)(CC(=O)OC(=O)CC(O)(CC(=O)OC(=O)CC(O)C(=O)OC(=O)CC(O)(CC(=O)OC(=O)CC(O)(CC(=O)O)C(=O)O)C(=O)O)C(=O)O)C(=O)O.[Ca+2].[Ca+2].[H-].[H-].[H-].[H-]. The number of aliphatic carboxylic acids is 6. The summed E-state index contributed by atoms with van der Waals surface area (Å²) >= 11 is 0. The van der Waals surface area contributed by atoms with Gasteiger partial charge in [0.2, 0.25) is 0 Å². The van der Waals surface area contributed by atoms with E-state index >= 15 is 0 Å². The third-order valence-electron chi connectivity index (χ3n) is 6.63. The van der Waals surface area contributed by atoms with Crippen LogP contribution < -0.4 is 0 Å². The maximum Gasteiger partial charge on any atom is 2.00 e. The van der Waals surface area contributed by atoms with Crippen molar-refractivity contribution >= 4 is 159 Å². The smallest absolute Gasteiger partial charge is 1.00 e. The largest absolute Gasteiger partial charge is 2.00 e. The van der Waals surface area contributed by atoms with Gasteiger partial charge in [0.05, 0.1) is 57.8 Å². The molecule has 0 aromatic rings. The van der Waals surface area contributed by atoms with Crippen molar-refractivity contribution in [1.29, 1.82) is 0 Å². The number of carboxylic acids is 6. The van der Waals surface area contributed by atoms with Gasteiger partial charge < -0.3 is 80.8 Å². The number of rotatable bonds is 23. The molecule has 0 heterocycles. The van der Waals surface area contributed by atoms with Crippen LogP contribution in [0.15, 0.2) is 0 Å². The third kappa shape index (κ3) is 20.5. The fourth-order valence-corrected chi connectivity index (χ4v) is 3.85. The summed E-state index contributed by atoms with van der Waals surface area (Å²) in [6.45, 7) is 0. The van der Waals surface area contributed by atoms with E-state index in [0.717, 1.165) is 0 Å². The molecule has 11 N–H and O–H groups in total. The first-order chi connectivity index (χ1) is 25.8. The molecular weight excluding hydrogens is 880 g/mol. The van der Waals surface area contributed by atoms with Gasteiger partial charge in [0, 0.05) is 0 Å². The molecule has 0 radical (unpaired) electrons. The van der Waals surface area contributed by atoms with Crippen molar-refractivity contribution in [3.63, 3.8) is 0 Å². The number of ether oxygens (including phenoxy) is 4. The van der Waals surface area contributed by atoms with Gasteiger partial charge in [-0.3, -0.25) is 43.2 Å². The molecule has 29 nitrogen and oxygen atoms in total. The Hall–Kier alpha value is -4.30. The number of aliphatic hydroxyl groups excluding tert-OH is 1. The average Bonchev–Trinajstić information content (AvgIpc) is 2.98. The molecular formula is C28H34Ca2O29. The summed E-state index contributed by atoms with van der Waals surface area (Å²) in [5, 5.41) is 104. The summed E-state index contributed by atoms with van der Waals surface area (Å²) in [4.78, 5) is 163. The first-order valence-electron chi connectivity index (χ1n) is 14.7. The fraction of sp³-hybridized carbons (Fsp3) is 0.500. The number of carbonyl (C=O) groups excluding carboxylic acids is 8. The second kappa shape index (κ2) is 24.7. The maximum atomic E-state index is 12.1. The summed E-state index contributed by atoms with van der Waals surface area (Å²) in [7, 11) is 0. The predicted molar refractivity (Wildman–Crippen MR) is 174 cm³/mol. The van der Waals surface area contributed by atoms with Crippen LogP contribution in [-0.4, -0.2) is 244 Å². The Morgan fingerprint density at radius 2 is 0.576 bits per heavy atom. The molecule has 59 heavy (non-hydrogen) atoms. The summed E-state index contributed by atoms with van der Waals surface area (Å²) in [6.07, 6.45) is -18.3. The first kappa shape index (κ1) is 59.0. The standard InChI is InChI=1S/C28H30O29.2Ca.4H/c29-10(20(41)57-19(40)9-28(53,24(48)49)8-18(39)56-16(37)5-26(51,22(44)45)3-12(32)33)1-13(34)54-14(35)6-27(52,23(46)47)7-17(38)55-15(36)4-25(50,21(42)43)2-11(30)31;;;;;;/h10,29,50-53H,1-9H2,(H,30,31)(H,32,33)(H,42,43)(H,44,45)(H,46,47)(H,48,49);;;;;;/q;2*+2;4*-1. The minimum Gasteiger partial charge on any atom is -1.00 e. The molecule has 0 aliphatic heterocycles. The monoisotopic (exact) mass is 914 g/mol. The predicted octanol–water partition coefficient (Wildman–Crippen LogP) is -6.74. The third-order valence-corrected chi connectivity index (χ3v) is 6.63. The van der Waals surface area contributed by atoms with Gasteiger partial charge in [0.1, 0.15) is 0 Å². The second-order valence-electron chi connectivity index (χ2n) is 11.6. The molecule has 0 aromatic carbocycles. The van der Waals surface area contributed by atoms with Crippen molar-refractivity contribution in [3.05, 3.63) is 0 Å². The van der Waals surface area contributed by atoms with E-state index < -0.39 is 170 Å². The van der Waals surface area contributed by atoms with Crippen LogP contribution >= 0.6 is 0 Å². The van der Waals surface area contributed by atoms with Crippen LogP contribution in [0.3, 0.4) is 0 Å². The van der Waals surface area contributed by atoms with E-state index in [4.69, 9.17) is 20.4 Å². The molecule has 0 amide bonds. The zero-order chi connectivity index (χ0) is 44.9. The van der Waals surface area contributed by atoms with Gasteiger partial charge in [-0.25, -0.2) is 24.0 Å². The Balaban J connectivity index is -0.00000105. The van der Waals surface area contributed by atoms with E-state index in [1.807, 2.05) is 0 Å². The van der Waals surface area contributed by atoms with Gasteiger partial charge in [-0.1, -0.05) is 0 Å². The zero-order valence-corrected chi connectivity index (χ0v) is 34.0. The van der Waals surface area contributed by atoms with Crippen LogP contribution in [0.2, 0.25) is 0 Å². The van der Waals surface area contributed by atoms with Gasteiger partial charge in [-0.05, 0) is 0 Å². The Kier molecular flexibility index (Phi) is 24.7. The van der Waals surface area contributed by atoms with Crippen molar-refractivity contribution in [2.45, 2.75) is 86.3 Å². The van der Waals surface area contributed by atoms with Crippen LogP contribution in [0, 0.1) is 0 Å². The summed E-state index contributed by atoms with van der Waals surface area (Å²) in [5.74, 6) is -29.2. The maximum absolute atomic E-state index is 12.1. The molecule has 0 aliphatic carbocycles. The van der Waals surface area contributed by atoms with Gasteiger partial charge in [0.15, 0.2) is 28.5 Å². The Labute approximate surface area is 390 Å². The molecule has 0 aliphatic rings. The van der Waals surface area contributed by atoms with E-state index in [9.17, 15) is 103 Å². The van der Waals surface area contributed by atoms with E-state index in [1.54, 1.807) is 0 Å². The van der Waals surface area contributed by atoms with Gasteiger partial charge in [-0.2, -0.15) is 0 Å². The van der Waals surface area contributed by atoms with Gasteiger partial charge in [0.25, 0.3) is 0 Å². The van der Waals surface area contributed by atoms with Gasteiger partial charge >= 0.3 is 159 Å². The Morgan fingerprint density at radius 1 is 0.373 bits per heavy atom. The summed E-state index contributed by atoms with van der Waals surface area (Å²) in [6, 6.07) is 0. The van der Waals surface area contributed by atoms with Crippen molar-refractivity contribution in [3.8, 4) is 0 Å². The van der Waals surface area contributed by atoms with Gasteiger partial charge in [-0.15, -0.1) is 0 Å². The molecule has 0 bridgehead atoms. The quantitative estimate of drug-likeness (QED) is 0.0196. The molecule has 0 spiro atoms. The van der Waals surface area contributed by atoms with E-state index in [2.05, 4.69) is 18.9 Å². The van der Waals surface area contributed by atoms with E-state index in [-0.39, 0.29) is 81.2 Å². The van der Waals surface area contributed by atoms with E-state index in [1.165, 1.54) is 0 Å². The number of hydrogen-bond donors (Lipinski definition) is 11. The molecule has 0 saturated carbocycles. The van der Waals surface area contributed by atoms with Crippen LogP contribution in [0.25, 0.3) is 0 Å². The second-order valence-corrected chi connectivity index (χ2v) is 11.6. The Morgan fingerprint density at radius 3 is 0.797 bits per heavy atom. The van der Waals surface area contributed by atoms with Crippen LogP contribution in [0.5, 0.6) is 0 Å². The van der Waals surface area contributed by atoms with Crippen molar-refractivity contribution in [2.75, 3.05) is 0 Å². The molecule has 0 rings (SSSR count). The molecule has 5 unspecified atom stereocenters. The topological polar surface area (TPSA) is 498 Å². The fourth-order valence-electron chi connectivity index (χ4n) is 3.85. The molecule has 0 fully saturated rings. The minimum atomic E-state index is -3.59. The van der Waals surface area contributed by atoms with Crippen molar-refractivity contribution in [1.82, 2.24) is 0 Å². The number of carbonyl (C=O) groups is 14. The summed E-state index contributed by atoms with van der Waals surface area (Å²) in [5.41, 5.74) is -13.8. The van der Waals surface area contributed by atoms with Crippen LogP contribution in [0.4, 0.5) is 0 Å². The molecule has 0 aromatic heterocycles. The van der Waals surface area contributed by atoms with Crippen LogP contribution in [-0.2, 0) is 86.1 Å². The van der Waals surface area contributed by atoms with Crippen molar-refractivity contribution in [2.24, 2.45) is 0 Å². The van der Waals surface area contributed by atoms with Crippen LogP contribution in [0.1, 0.15) is 63.5 Å². The molecule has 0 saturated heterocycles.